The first-order chi connectivity index (χ1) is 15.4. The fraction of sp³-hybridized carbons (Fsp3) is 0.400. The number of ether oxygens (including phenoxy) is 1. The van der Waals surface area contributed by atoms with Crippen LogP contribution < -0.4 is 5.32 Å². The molecule has 0 spiro atoms. The molecule has 2 aromatic carbocycles. The minimum Gasteiger partial charge on any atom is -0.453 e. The molecule has 7 heteroatoms. The van der Waals surface area contributed by atoms with Crippen LogP contribution in [0.2, 0.25) is 0 Å². The molecule has 7 nitrogen and oxygen atoms in total. The number of methoxy groups -OCH3 is 1. The van der Waals surface area contributed by atoms with E-state index in [9.17, 15) is 9.59 Å². The van der Waals surface area contributed by atoms with Crippen molar-refractivity contribution in [2.75, 3.05) is 7.11 Å². The first-order valence-electron chi connectivity index (χ1n) is 11.0. The maximum atomic E-state index is 13.6. The summed E-state index contributed by atoms with van der Waals surface area (Å²) in [7, 11) is 1.30. The summed E-state index contributed by atoms with van der Waals surface area (Å²) < 4.78 is 4.74. The molecule has 2 heterocycles. The number of piperidine rings is 1. The van der Waals surface area contributed by atoms with Crippen LogP contribution in [0.5, 0.6) is 0 Å². The van der Waals surface area contributed by atoms with Crippen LogP contribution >= 0.6 is 0 Å². The number of nitrogens with one attached hydrogen (secondary N) is 2. The van der Waals surface area contributed by atoms with Gasteiger partial charge in [0.05, 0.1) is 24.2 Å². The molecule has 32 heavy (non-hydrogen) atoms. The monoisotopic (exact) mass is 430 g/mol. The lowest BCUT2D eigenvalue weighted by atomic mass is 10.0. The summed E-state index contributed by atoms with van der Waals surface area (Å²) in [6, 6.07) is 9.35. The van der Waals surface area contributed by atoms with E-state index in [2.05, 4.69) is 16.2 Å². The molecule has 1 unspecified atom stereocenters. The van der Waals surface area contributed by atoms with Crippen LogP contribution in [0.1, 0.15) is 44.1 Å². The number of imidazole rings is 1. The molecule has 3 aromatic rings. The Bertz CT molecular complexity index is 1270. The zero-order valence-electron chi connectivity index (χ0n) is 18.4. The first kappa shape index (κ1) is 20.4. The molecule has 1 saturated heterocycles. The van der Waals surface area contributed by atoms with Gasteiger partial charge in [-0.3, -0.25) is 4.79 Å². The Morgan fingerprint density at radius 2 is 2.09 bits per heavy atom. The smallest absolute Gasteiger partial charge is 0.407 e. The van der Waals surface area contributed by atoms with Crippen molar-refractivity contribution in [3.63, 3.8) is 0 Å². The molecule has 2 amide bonds. The van der Waals surface area contributed by atoms with E-state index in [4.69, 9.17) is 16.1 Å². The average molecular weight is 431 g/mol. The Kier molecular flexibility index (Phi) is 4.81. The van der Waals surface area contributed by atoms with E-state index in [1.165, 1.54) is 7.11 Å². The number of aromatic amines is 1. The summed E-state index contributed by atoms with van der Waals surface area (Å²) in [5.74, 6) is 3.80. The second-order valence-corrected chi connectivity index (χ2v) is 9.08. The standard InChI is InChI=1S/C25H26N4O3/c1-5-14-6-8-17-15(10-14)7-9-18-22(17)27-23(26-18)20-12-16-11-19(16)29(20)24(30)21(13(2)3)28-25(31)32-4/h1,6-10,13,16,19-21H,11-12H2,2-4H3,(H,26,27)(H,28,31)/t16-,19-,20?,21+/m1/s1. The van der Waals surface area contributed by atoms with Gasteiger partial charge < -0.3 is 19.9 Å². The van der Waals surface area contributed by atoms with Gasteiger partial charge in [-0.2, -0.15) is 0 Å². The van der Waals surface area contributed by atoms with Gasteiger partial charge in [0.2, 0.25) is 5.91 Å². The Labute approximate surface area is 186 Å². The molecule has 0 bridgehead atoms. The second kappa shape index (κ2) is 7.56. The maximum Gasteiger partial charge on any atom is 0.407 e. The molecule has 164 valence electrons. The number of carbonyl (C=O) groups is 2. The molecular formula is C25H26N4O3. The van der Waals surface area contributed by atoms with E-state index in [0.29, 0.717) is 5.92 Å². The van der Waals surface area contributed by atoms with Crippen molar-refractivity contribution >= 4 is 33.8 Å². The Morgan fingerprint density at radius 3 is 2.81 bits per heavy atom. The molecular weight excluding hydrogens is 404 g/mol. The van der Waals surface area contributed by atoms with Crippen molar-refractivity contribution < 1.29 is 14.3 Å². The molecule has 1 aromatic heterocycles. The molecule has 2 N–H and O–H groups in total. The van der Waals surface area contributed by atoms with Crippen LogP contribution in [-0.4, -0.2) is 46.1 Å². The number of benzene rings is 2. The van der Waals surface area contributed by atoms with Crippen LogP contribution in [-0.2, 0) is 9.53 Å². The van der Waals surface area contributed by atoms with E-state index in [0.717, 1.165) is 46.0 Å². The summed E-state index contributed by atoms with van der Waals surface area (Å²) >= 11 is 0. The van der Waals surface area contributed by atoms with E-state index >= 15 is 0 Å². The van der Waals surface area contributed by atoms with Crippen LogP contribution in [0.25, 0.3) is 21.8 Å². The van der Waals surface area contributed by atoms with Crippen molar-refractivity contribution in [1.82, 2.24) is 20.2 Å². The van der Waals surface area contributed by atoms with Crippen molar-refractivity contribution in [2.24, 2.45) is 11.8 Å². The van der Waals surface area contributed by atoms with Crippen molar-refractivity contribution in [3.05, 3.63) is 41.7 Å². The van der Waals surface area contributed by atoms with Gasteiger partial charge in [0.25, 0.3) is 0 Å². The maximum absolute atomic E-state index is 13.6. The van der Waals surface area contributed by atoms with Gasteiger partial charge in [0, 0.05) is 17.0 Å². The molecule has 0 radical (unpaired) electrons. The summed E-state index contributed by atoms with van der Waals surface area (Å²) in [5, 5.41) is 4.81. The molecule has 1 aliphatic heterocycles. The number of hydrogen-bond acceptors (Lipinski definition) is 4. The van der Waals surface area contributed by atoms with E-state index in [1.807, 2.05) is 49.1 Å². The Hall–Kier alpha value is -3.53. The van der Waals surface area contributed by atoms with Crippen molar-refractivity contribution in [1.29, 1.82) is 0 Å². The Morgan fingerprint density at radius 1 is 1.28 bits per heavy atom. The van der Waals surface area contributed by atoms with Gasteiger partial charge in [-0.1, -0.05) is 31.9 Å². The minimum absolute atomic E-state index is 0.0648. The lowest BCUT2D eigenvalue weighted by molar-refractivity contribution is -0.136. The number of H-pyrrole nitrogens is 1. The van der Waals surface area contributed by atoms with E-state index < -0.39 is 12.1 Å². The highest BCUT2D eigenvalue weighted by atomic mass is 16.5. The lowest BCUT2D eigenvalue weighted by Crippen LogP contribution is -2.52. The average Bonchev–Trinajstić information content (AvgIpc) is 3.25. The van der Waals surface area contributed by atoms with Crippen molar-refractivity contribution in [3.8, 4) is 12.3 Å². The number of hydrogen-bond donors (Lipinski definition) is 2. The first-order valence-corrected chi connectivity index (χ1v) is 11.0. The van der Waals surface area contributed by atoms with Gasteiger partial charge >= 0.3 is 6.09 Å². The number of nitrogens with zero attached hydrogens (tertiary/aromatic N) is 2. The highest BCUT2D eigenvalue weighted by Crippen LogP contribution is 2.53. The van der Waals surface area contributed by atoms with Crippen LogP contribution in [0.4, 0.5) is 4.79 Å². The predicted molar refractivity (Wildman–Crippen MR) is 122 cm³/mol. The lowest BCUT2D eigenvalue weighted by Gasteiger charge is -2.31. The molecule has 1 aliphatic carbocycles. The zero-order chi connectivity index (χ0) is 22.6. The Balaban J connectivity index is 1.51. The third-order valence-corrected chi connectivity index (χ3v) is 6.72. The number of fused-ring (bicyclic) bond motifs is 4. The van der Waals surface area contributed by atoms with Crippen molar-refractivity contribution in [2.45, 2.75) is 44.8 Å². The molecule has 4 atom stereocenters. The normalized spacial score (nSPS) is 22.6. The summed E-state index contributed by atoms with van der Waals surface area (Å²) in [6.07, 6.45) is 6.83. The number of amides is 2. The fourth-order valence-electron chi connectivity index (χ4n) is 4.95. The number of aromatic nitrogens is 2. The van der Waals surface area contributed by atoms with Gasteiger partial charge in [-0.25, -0.2) is 9.78 Å². The quantitative estimate of drug-likeness (QED) is 0.618. The summed E-state index contributed by atoms with van der Waals surface area (Å²) in [4.78, 5) is 35.7. The molecule has 5 rings (SSSR count). The SMILES string of the molecule is C#Cc1ccc2c(ccc3nc(C4C[C@H]5C[C@H]5N4C(=O)[C@@H](NC(=O)OC)C(C)C)[nH]c32)c1. The van der Waals surface area contributed by atoms with Crippen LogP contribution in [0, 0.1) is 24.2 Å². The van der Waals surface area contributed by atoms with Gasteiger partial charge in [0.1, 0.15) is 11.9 Å². The van der Waals surface area contributed by atoms with Crippen LogP contribution in [0.15, 0.2) is 30.3 Å². The molecule has 2 fully saturated rings. The number of terminal acetylenes is 1. The largest absolute Gasteiger partial charge is 0.453 e. The second-order valence-electron chi connectivity index (χ2n) is 9.08. The molecule has 2 aliphatic rings. The third kappa shape index (κ3) is 3.27. The van der Waals surface area contributed by atoms with Gasteiger partial charge in [-0.05, 0) is 48.3 Å². The topological polar surface area (TPSA) is 87.3 Å². The number of carbonyl (C=O) groups excluding carboxylic acids is 2. The highest BCUT2D eigenvalue weighted by Gasteiger charge is 2.56. The number of alkyl carbamates (subject to hydrolysis) is 1. The van der Waals surface area contributed by atoms with Gasteiger partial charge in [0.15, 0.2) is 0 Å². The highest BCUT2D eigenvalue weighted by molar-refractivity contribution is 6.04. The van der Waals surface area contributed by atoms with E-state index in [1.54, 1.807) is 0 Å². The number of rotatable bonds is 4. The summed E-state index contributed by atoms with van der Waals surface area (Å²) in [6.45, 7) is 3.84. The third-order valence-electron chi connectivity index (χ3n) is 6.72. The minimum atomic E-state index is -0.642. The predicted octanol–water partition coefficient (Wildman–Crippen LogP) is 3.74. The number of likely N-dealkylation sites (tertiary alicyclic amines) is 1. The molecule has 1 saturated carbocycles. The van der Waals surface area contributed by atoms with Gasteiger partial charge in [-0.15, -0.1) is 6.42 Å². The zero-order valence-corrected chi connectivity index (χ0v) is 18.4. The fourth-order valence-corrected chi connectivity index (χ4v) is 4.95. The van der Waals surface area contributed by atoms with E-state index in [-0.39, 0.29) is 23.9 Å². The van der Waals surface area contributed by atoms with Crippen LogP contribution in [0.3, 0.4) is 0 Å². The summed E-state index contributed by atoms with van der Waals surface area (Å²) in [5.41, 5.74) is 2.64.